The lowest BCUT2D eigenvalue weighted by Crippen LogP contribution is -2.50. The van der Waals surface area contributed by atoms with Crippen LogP contribution in [0.5, 0.6) is 0 Å². The predicted molar refractivity (Wildman–Crippen MR) is 185 cm³/mol. The molecule has 1 amide bonds. The number of aliphatic hydroxyl groups excluding tert-OH is 3. The molecule has 5 nitrogen and oxygen atoms in total. The van der Waals surface area contributed by atoms with Crippen LogP contribution in [0.1, 0.15) is 187 Å². The number of rotatable bonds is 33. The van der Waals surface area contributed by atoms with Crippen molar-refractivity contribution in [2.24, 2.45) is 0 Å². The summed E-state index contributed by atoms with van der Waals surface area (Å²) in [6.07, 6.45) is 38.5. The van der Waals surface area contributed by atoms with Crippen LogP contribution < -0.4 is 5.32 Å². The van der Waals surface area contributed by atoms with Gasteiger partial charge in [0.25, 0.3) is 0 Å². The van der Waals surface area contributed by atoms with Gasteiger partial charge in [0.1, 0.15) is 6.10 Å². The average molecular weight is 608 g/mol. The van der Waals surface area contributed by atoms with Crippen molar-refractivity contribution in [1.82, 2.24) is 5.32 Å². The molecular weight excluding hydrogens is 534 g/mol. The fourth-order valence-corrected chi connectivity index (χ4v) is 5.55. The summed E-state index contributed by atoms with van der Waals surface area (Å²) in [5, 5.41) is 33.3. The maximum absolute atomic E-state index is 12.3. The van der Waals surface area contributed by atoms with Crippen molar-refractivity contribution >= 4 is 5.91 Å². The second-order valence-corrected chi connectivity index (χ2v) is 12.8. The molecule has 0 rings (SSSR count). The summed E-state index contributed by atoms with van der Waals surface area (Å²) < 4.78 is 0. The molecular formula is C38H73NO4. The van der Waals surface area contributed by atoms with Gasteiger partial charge in [-0.3, -0.25) is 4.79 Å². The first kappa shape index (κ1) is 41.8. The molecule has 0 bridgehead atoms. The molecule has 5 heteroatoms. The number of carbonyl (C=O) groups is 1. The quantitative estimate of drug-likeness (QED) is 0.0441. The highest BCUT2D eigenvalue weighted by molar-refractivity contribution is 5.76. The zero-order valence-corrected chi connectivity index (χ0v) is 28.6. The first-order valence-corrected chi connectivity index (χ1v) is 18.6. The molecule has 0 aromatic heterocycles. The fourth-order valence-electron chi connectivity index (χ4n) is 5.55. The van der Waals surface area contributed by atoms with Crippen LogP contribution in [-0.2, 0) is 4.79 Å². The van der Waals surface area contributed by atoms with E-state index in [0.717, 1.165) is 44.9 Å². The summed E-state index contributed by atoms with van der Waals surface area (Å²) >= 11 is 0. The van der Waals surface area contributed by atoms with E-state index in [-0.39, 0.29) is 12.5 Å². The predicted octanol–water partition coefficient (Wildman–Crippen LogP) is 9.87. The van der Waals surface area contributed by atoms with Crippen LogP contribution in [0.2, 0.25) is 0 Å². The summed E-state index contributed by atoms with van der Waals surface area (Å²) in [7, 11) is 0. The van der Waals surface area contributed by atoms with Crippen molar-refractivity contribution in [2.45, 2.75) is 205 Å². The second-order valence-electron chi connectivity index (χ2n) is 12.8. The van der Waals surface area contributed by atoms with Crippen molar-refractivity contribution < 1.29 is 20.1 Å². The van der Waals surface area contributed by atoms with Crippen molar-refractivity contribution in [1.29, 1.82) is 0 Å². The van der Waals surface area contributed by atoms with E-state index in [4.69, 9.17) is 0 Å². The summed E-state index contributed by atoms with van der Waals surface area (Å²) in [5.74, 6) is -0.166. The molecule has 0 aliphatic rings. The fraction of sp³-hybridized carbons (Fsp3) is 0.868. The molecule has 0 heterocycles. The Bertz CT molecular complexity index is 635. The minimum Gasteiger partial charge on any atom is -0.394 e. The first-order chi connectivity index (χ1) is 21.1. The van der Waals surface area contributed by atoms with E-state index in [9.17, 15) is 20.1 Å². The van der Waals surface area contributed by atoms with E-state index in [2.05, 4.69) is 43.5 Å². The molecule has 0 aliphatic carbocycles. The van der Waals surface area contributed by atoms with E-state index < -0.39 is 18.2 Å². The summed E-state index contributed by atoms with van der Waals surface area (Å²) in [5.41, 5.74) is 0. The van der Waals surface area contributed by atoms with Crippen LogP contribution >= 0.6 is 0 Å². The third-order valence-electron chi connectivity index (χ3n) is 8.53. The van der Waals surface area contributed by atoms with Gasteiger partial charge in [-0.25, -0.2) is 0 Å². The van der Waals surface area contributed by atoms with Crippen LogP contribution in [0.3, 0.4) is 0 Å². The third-order valence-corrected chi connectivity index (χ3v) is 8.53. The lowest BCUT2D eigenvalue weighted by Gasteiger charge is -2.26. The number of aliphatic hydroxyl groups is 3. The van der Waals surface area contributed by atoms with Crippen molar-refractivity contribution in [2.75, 3.05) is 6.61 Å². The van der Waals surface area contributed by atoms with Crippen LogP contribution in [0.4, 0.5) is 0 Å². The largest absolute Gasteiger partial charge is 0.394 e. The Morgan fingerprint density at radius 1 is 0.558 bits per heavy atom. The van der Waals surface area contributed by atoms with Crippen LogP contribution in [0.15, 0.2) is 24.3 Å². The zero-order chi connectivity index (χ0) is 31.6. The number of unbranched alkanes of at least 4 members (excludes halogenated alkanes) is 21. The van der Waals surface area contributed by atoms with Gasteiger partial charge < -0.3 is 20.6 Å². The number of hydrogen-bond donors (Lipinski definition) is 4. The van der Waals surface area contributed by atoms with E-state index in [1.165, 1.54) is 116 Å². The number of hydrogen-bond acceptors (Lipinski definition) is 4. The van der Waals surface area contributed by atoms with Gasteiger partial charge in [0.2, 0.25) is 5.91 Å². The Balaban J connectivity index is 3.72. The van der Waals surface area contributed by atoms with Crippen LogP contribution in [0.25, 0.3) is 0 Å². The van der Waals surface area contributed by atoms with Crippen LogP contribution in [0, 0.1) is 0 Å². The third kappa shape index (κ3) is 29.3. The molecule has 0 spiro atoms. The smallest absolute Gasteiger partial charge is 0.220 e. The normalized spacial score (nSPS) is 14.1. The van der Waals surface area contributed by atoms with Gasteiger partial charge in [-0.05, 0) is 57.8 Å². The summed E-state index contributed by atoms with van der Waals surface area (Å²) in [6, 6.07) is -0.826. The molecule has 0 saturated heterocycles. The Labute approximate surface area is 267 Å². The molecule has 0 aromatic rings. The minimum absolute atomic E-state index is 0.166. The minimum atomic E-state index is -1.16. The Morgan fingerprint density at radius 2 is 0.953 bits per heavy atom. The first-order valence-electron chi connectivity index (χ1n) is 18.6. The lowest BCUT2D eigenvalue weighted by molar-refractivity contribution is -0.124. The highest BCUT2D eigenvalue weighted by Gasteiger charge is 2.26. The lowest BCUT2D eigenvalue weighted by atomic mass is 10.0. The Kier molecular flexibility index (Phi) is 32.8. The zero-order valence-electron chi connectivity index (χ0n) is 28.6. The Hall–Kier alpha value is -1.17. The van der Waals surface area contributed by atoms with Gasteiger partial charge in [-0.1, -0.05) is 147 Å². The molecule has 0 aliphatic heterocycles. The number of nitrogens with one attached hydrogen (secondary N) is 1. The molecule has 4 N–H and O–H groups in total. The second kappa shape index (κ2) is 33.7. The van der Waals surface area contributed by atoms with Gasteiger partial charge in [0.05, 0.1) is 18.8 Å². The van der Waals surface area contributed by atoms with E-state index >= 15 is 0 Å². The SMILES string of the molecule is CCCC/C=C\CCCCCCCC(=O)NC(CO)C(O)C(O)CCC/C=C/CCCCCCCCCCCCCCC. The standard InChI is InChI=1S/C38H73NO4/c1-3-5-7-9-11-13-15-16-17-18-19-20-21-23-24-26-28-30-32-36(41)38(43)35(34-40)39-37(42)33-31-29-27-25-22-14-12-10-8-6-4-2/h10,12,24,26,35-36,38,40-41,43H,3-9,11,13-23,25,27-34H2,1-2H3,(H,39,42)/b12-10-,26-24+. The monoisotopic (exact) mass is 608 g/mol. The van der Waals surface area contributed by atoms with Gasteiger partial charge in [0.15, 0.2) is 0 Å². The van der Waals surface area contributed by atoms with Crippen LogP contribution in [-0.4, -0.2) is 46.1 Å². The van der Waals surface area contributed by atoms with E-state index in [1.54, 1.807) is 0 Å². The van der Waals surface area contributed by atoms with Crippen molar-refractivity contribution in [3.63, 3.8) is 0 Å². The number of allylic oxidation sites excluding steroid dienone is 4. The maximum atomic E-state index is 12.3. The molecule has 0 fully saturated rings. The number of amides is 1. The number of carbonyl (C=O) groups excluding carboxylic acids is 1. The topological polar surface area (TPSA) is 89.8 Å². The summed E-state index contributed by atoms with van der Waals surface area (Å²) in [6.45, 7) is 4.11. The van der Waals surface area contributed by atoms with Gasteiger partial charge in [-0.2, -0.15) is 0 Å². The molecule has 0 radical (unpaired) electrons. The highest BCUT2D eigenvalue weighted by Crippen LogP contribution is 2.14. The maximum Gasteiger partial charge on any atom is 0.220 e. The molecule has 0 aromatic carbocycles. The molecule has 3 atom stereocenters. The Morgan fingerprint density at radius 3 is 1.42 bits per heavy atom. The van der Waals surface area contributed by atoms with Crippen molar-refractivity contribution in [3.8, 4) is 0 Å². The molecule has 43 heavy (non-hydrogen) atoms. The van der Waals surface area contributed by atoms with Gasteiger partial charge in [-0.15, -0.1) is 0 Å². The van der Waals surface area contributed by atoms with E-state index in [1.807, 2.05) is 0 Å². The van der Waals surface area contributed by atoms with Gasteiger partial charge in [0, 0.05) is 6.42 Å². The molecule has 254 valence electrons. The van der Waals surface area contributed by atoms with E-state index in [0.29, 0.717) is 12.8 Å². The highest BCUT2D eigenvalue weighted by atomic mass is 16.3. The average Bonchev–Trinajstić information content (AvgIpc) is 3.01. The van der Waals surface area contributed by atoms with Crippen molar-refractivity contribution in [3.05, 3.63) is 24.3 Å². The molecule has 0 saturated carbocycles. The molecule has 3 unspecified atom stereocenters. The summed E-state index contributed by atoms with van der Waals surface area (Å²) in [4.78, 5) is 12.3. The van der Waals surface area contributed by atoms with Gasteiger partial charge >= 0.3 is 0 Å².